The van der Waals surface area contributed by atoms with Gasteiger partial charge in [-0.05, 0) is 40.2 Å². The Hall–Kier alpha value is -1.40. The molecule has 104 valence electrons. The van der Waals surface area contributed by atoms with Crippen molar-refractivity contribution in [2.24, 2.45) is 0 Å². The molecule has 1 aromatic carbocycles. The summed E-state index contributed by atoms with van der Waals surface area (Å²) in [5.41, 5.74) is 2.15. The van der Waals surface area contributed by atoms with Crippen molar-refractivity contribution >= 4 is 49.1 Å². The van der Waals surface area contributed by atoms with E-state index in [0.29, 0.717) is 11.3 Å². The summed E-state index contributed by atoms with van der Waals surface area (Å²) in [6.45, 7) is 0. The number of rotatable bonds is 3. The van der Waals surface area contributed by atoms with Crippen molar-refractivity contribution in [3.8, 4) is 0 Å². The molecule has 6 heteroatoms. The Bertz CT molecular complexity index is 644. The highest BCUT2D eigenvalue weighted by molar-refractivity contribution is 9.11. The molecule has 2 aromatic rings. The van der Waals surface area contributed by atoms with Crippen molar-refractivity contribution in [2.45, 2.75) is 0 Å². The lowest BCUT2D eigenvalue weighted by Crippen LogP contribution is -2.17. The van der Waals surface area contributed by atoms with Crippen LogP contribution in [0, 0.1) is 0 Å². The summed E-state index contributed by atoms with van der Waals surface area (Å²) in [5, 5.41) is 2.88. The molecule has 0 spiro atoms. The Kier molecular flexibility index (Phi) is 4.77. The minimum absolute atomic E-state index is 0.180. The predicted octanol–water partition coefficient (Wildman–Crippen LogP) is 3.92. The molecule has 0 aliphatic carbocycles. The van der Waals surface area contributed by atoms with Gasteiger partial charge in [-0.15, -0.1) is 0 Å². The molecule has 0 bridgehead atoms. The lowest BCUT2D eigenvalue weighted by atomic mass is 10.2. The summed E-state index contributed by atoms with van der Waals surface area (Å²) in [6.07, 6.45) is 3.33. The van der Waals surface area contributed by atoms with Gasteiger partial charge in [-0.3, -0.25) is 9.78 Å². The minimum Gasteiger partial charge on any atom is -0.376 e. The number of amides is 1. The van der Waals surface area contributed by atoms with E-state index in [1.54, 1.807) is 18.5 Å². The van der Waals surface area contributed by atoms with Crippen LogP contribution in [-0.4, -0.2) is 25.0 Å². The number of nitrogens with one attached hydrogen (secondary N) is 1. The van der Waals surface area contributed by atoms with E-state index >= 15 is 0 Å². The fraction of sp³-hybridized carbons (Fsp3) is 0.143. The first kappa shape index (κ1) is 15.0. The first-order chi connectivity index (χ1) is 9.49. The number of aromatic nitrogens is 1. The fourth-order valence-electron chi connectivity index (χ4n) is 1.74. The Balaban J connectivity index is 2.28. The summed E-state index contributed by atoms with van der Waals surface area (Å²) in [7, 11) is 3.83. The van der Waals surface area contributed by atoms with Crippen molar-refractivity contribution in [1.82, 2.24) is 4.98 Å². The number of hydrogen-bond acceptors (Lipinski definition) is 3. The van der Waals surface area contributed by atoms with Crippen molar-refractivity contribution in [3.05, 3.63) is 51.2 Å². The van der Waals surface area contributed by atoms with Crippen LogP contribution in [0.1, 0.15) is 10.4 Å². The maximum absolute atomic E-state index is 12.3. The predicted molar refractivity (Wildman–Crippen MR) is 88.4 cm³/mol. The van der Waals surface area contributed by atoms with Crippen molar-refractivity contribution in [1.29, 1.82) is 0 Å². The van der Waals surface area contributed by atoms with Gasteiger partial charge in [0, 0.05) is 29.2 Å². The molecule has 0 aliphatic heterocycles. The van der Waals surface area contributed by atoms with Gasteiger partial charge in [-0.25, -0.2) is 0 Å². The number of hydrogen-bond donors (Lipinski definition) is 1. The molecule has 0 unspecified atom stereocenters. The fourth-order valence-corrected chi connectivity index (χ4v) is 2.96. The third-order valence-electron chi connectivity index (χ3n) is 2.70. The number of carbonyl (C=O) groups is 1. The SMILES string of the molecule is CN(C)c1ccncc1NC(=O)c1ccc(Br)cc1Br. The zero-order valence-corrected chi connectivity index (χ0v) is 14.2. The van der Waals surface area contributed by atoms with Gasteiger partial charge >= 0.3 is 0 Å². The molecular formula is C14H13Br2N3O. The van der Waals surface area contributed by atoms with E-state index in [0.717, 1.165) is 14.6 Å². The van der Waals surface area contributed by atoms with E-state index in [9.17, 15) is 4.79 Å². The molecule has 1 amide bonds. The van der Waals surface area contributed by atoms with E-state index in [1.807, 2.05) is 37.2 Å². The van der Waals surface area contributed by atoms with E-state index < -0.39 is 0 Å². The first-order valence-electron chi connectivity index (χ1n) is 5.87. The third kappa shape index (κ3) is 3.37. The van der Waals surface area contributed by atoms with Crippen LogP contribution in [0.15, 0.2) is 45.6 Å². The summed E-state index contributed by atoms with van der Waals surface area (Å²) >= 11 is 6.76. The zero-order valence-electron chi connectivity index (χ0n) is 11.0. The molecule has 0 fully saturated rings. The second-order valence-electron chi connectivity index (χ2n) is 4.37. The van der Waals surface area contributed by atoms with Gasteiger partial charge in [0.1, 0.15) is 0 Å². The van der Waals surface area contributed by atoms with Gasteiger partial charge in [0.2, 0.25) is 0 Å². The van der Waals surface area contributed by atoms with Crippen LogP contribution in [0.25, 0.3) is 0 Å². The first-order valence-corrected chi connectivity index (χ1v) is 7.45. The largest absolute Gasteiger partial charge is 0.376 e. The molecule has 4 nitrogen and oxygen atoms in total. The maximum Gasteiger partial charge on any atom is 0.256 e. The minimum atomic E-state index is -0.180. The Morgan fingerprint density at radius 3 is 2.65 bits per heavy atom. The normalized spacial score (nSPS) is 10.2. The zero-order chi connectivity index (χ0) is 14.7. The Labute approximate surface area is 134 Å². The molecule has 1 aromatic heterocycles. The van der Waals surface area contributed by atoms with Gasteiger partial charge in [-0.2, -0.15) is 0 Å². The Morgan fingerprint density at radius 2 is 2.00 bits per heavy atom. The van der Waals surface area contributed by atoms with Crippen molar-refractivity contribution in [2.75, 3.05) is 24.3 Å². The smallest absolute Gasteiger partial charge is 0.256 e. The summed E-state index contributed by atoms with van der Waals surface area (Å²) in [5.74, 6) is -0.180. The quantitative estimate of drug-likeness (QED) is 0.851. The third-order valence-corrected chi connectivity index (χ3v) is 3.85. The van der Waals surface area contributed by atoms with E-state index in [1.165, 1.54) is 0 Å². The van der Waals surface area contributed by atoms with Crippen LogP contribution in [0.4, 0.5) is 11.4 Å². The molecular weight excluding hydrogens is 386 g/mol. The van der Waals surface area contributed by atoms with Crippen LogP contribution in [-0.2, 0) is 0 Å². The van der Waals surface area contributed by atoms with Gasteiger partial charge in [0.25, 0.3) is 5.91 Å². The monoisotopic (exact) mass is 397 g/mol. The van der Waals surface area contributed by atoms with Gasteiger partial charge in [0.05, 0.1) is 23.1 Å². The topological polar surface area (TPSA) is 45.2 Å². The lowest BCUT2D eigenvalue weighted by Gasteiger charge is -2.17. The number of anilines is 2. The molecule has 0 saturated carbocycles. The maximum atomic E-state index is 12.3. The van der Waals surface area contributed by atoms with Crippen LogP contribution >= 0.6 is 31.9 Å². The summed E-state index contributed by atoms with van der Waals surface area (Å²) in [6, 6.07) is 7.28. The van der Waals surface area contributed by atoms with Gasteiger partial charge < -0.3 is 10.2 Å². The second kappa shape index (κ2) is 6.37. The molecule has 0 atom stereocenters. The number of nitrogens with zero attached hydrogens (tertiary/aromatic N) is 2. The summed E-state index contributed by atoms with van der Waals surface area (Å²) in [4.78, 5) is 18.3. The molecule has 20 heavy (non-hydrogen) atoms. The molecule has 0 aliphatic rings. The average Bonchev–Trinajstić information content (AvgIpc) is 2.38. The number of carbonyl (C=O) groups excluding carboxylic acids is 1. The molecule has 0 radical (unpaired) electrons. The van der Waals surface area contributed by atoms with Crippen molar-refractivity contribution in [3.63, 3.8) is 0 Å². The highest BCUT2D eigenvalue weighted by atomic mass is 79.9. The van der Waals surface area contributed by atoms with E-state index in [4.69, 9.17) is 0 Å². The molecule has 0 saturated heterocycles. The molecule has 1 N–H and O–H groups in total. The number of benzene rings is 1. The highest BCUT2D eigenvalue weighted by Crippen LogP contribution is 2.26. The van der Waals surface area contributed by atoms with Gasteiger partial charge in [0.15, 0.2) is 0 Å². The average molecular weight is 399 g/mol. The van der Waals surface area contributed by atoms with E-state index in [2.05, 4.69) is 42.2 Å². The van der Waals surface area contributed by atoms with Crippen LogP contribution in [0.2, 0.25) is 0 Å². The Morgan fingerprint density at radius 1 is 1.25 bits per heavy atom. The number of pyridine rings is 1. The molecule has 2 rings (SSSR count). The second-order valence-corrected chi connectivity index (χ2v) is 6.14. The highest BCUT2D eigenvalue weighted by Gasteiger charge is 2.13. The van der Waals surface area contributed by atoms with Crippen LogP contribution in [0.3, 0.4) is 0 Å². The number of halogens is 2. The molecule has 1 heterocycles. The van der Waals surface area contributed by atoms with Gasteiger partial charge in [-0.1, -0.05) is 15.9 Å². The van der Waals surface area contributed by atoms with Crippen LogP contribution < -0.4 is 10.2 Å². The van der Waals surface area contributed by atoms with E-state index in [-0.39, 0.29) is 5.91 Å². The van der Waals surface area contributed by atoms with Crippen LogP contribution in [0.5, 0.6) is 0 Å². The summed E-state index contributed by atoms with van der Waals surface area (Å²) < 4.78 is 1.65. The van der Waals surface area contributed by atoms with Crippen molar-refractivity contribution < 1.29 is 4.79 Å². The lowest BCUT2D eigenvalue weighted by molar-refractivity contribution is 0.102. The standard InChI is InChI=1S/C14H13Br2N3O/c1-19(2)13-5-6-17-8-12(13)18-14(20)10-4-3-9(15)7-11(10)16/h3-8H,1-2H3,(H,18,20).